The van der Waals surface area contributed by atoms with Crippen LogP contribution in [-0.2, 0) is 25.7 Å². The van der Waals surface area contributed by atoms with Crippen molar-refractivity contribution in [3.63, 3.8) is 0 Å². The molecule has 12 nitrogen and oxygen atoms in total. The van der Waals surface area contributed by atoms with E-state index in [9.17, 15) is 28.0 Å². The molecule has 14 heteroatoms. The number of oxime groups is 1. The molecule has 1 N–H and O–H groups in total. The van der Waals surface area contributed by atoms with Crippen molar-refractivity contribution >= 4 is 23.7 Å². The third-order valence-electron chi connectivity index (χ3n) is 8.61. The first kappa shape index (κ1) is 31.9. The highest BCUT2D eigenvalue weighted by Crippen LogP contribution is 2.46. The number of aromatic nitrogens is 1. The van der Waals surface area contributed by atoms with Gasteiger partial charge >= 0.3 is 5.97 Å². The minimum atomic E-state index is -0.965. The van der Waals surface area contributed by atoms with Gasteiger partial charge in [-0.1, -0.05) is 31.0 Å². The number of benzene rings is 1. The molecule has 1 aromatic heterocycles. The fraction of sp³-hybridized carbons (Fsp3) is 0.516. The van der Waals surface area contributed by atoms with E-state index < -0.39 is 64.6 Å². The third kappa shape index (κ3) is 6.36. The summed E-state index contributed by atoms with van der Waals surface area (Å²) >= 11 is 0. The summed E-state index contributed by atoms with van der Waals surface area (Å²) in [6.07, 6.45) is 5.14. The molecule has 0 aliphatic carbocycles. The molecule has 3 aliphatic rings. The number of amides is 2. The van der Waals surface area contributed by atoms with Crippen molar-refractivity contribution < 1.29 is 42.2 Å². The zero-order valence-corrected chi connectivity index (χ0v) is 25.4. The summed E-state index contributed by atoms with van der Waals surface area (Å²) in [6, 6.07) is 2.08. The van der Waals surface area contributed by atoms with Crippen LogP contribution in [-0.4, -0.2) is 65.2 Å². The molecular weight excluding hydrogens is 594 g/mol. The molecule has 4 heterocycles. The summed E-state index contributed by atoms with van der Waals surface area (Å²) in [5.41, 5.74) is -2.41. The maximum atomic E-state index is 14.3. The molecule has 5 rings (SSSR count). The quantitative estimate of drug-likeness (QED) is 0.238. The van der Waals surface area contributed by atoms with Gasteiger partial charge < -0.3 is 33.8 Å². The maximum Gasteiger partial charge on any atom is 0.308 e. The molecule has 2 aromatic rings. The summed E-state index contributed by atoms with van der Waals surface area (Å²) < 4.78 is 45.4. The molecular formula is C31H36F2N4O8. The van der Waals surface area contributed by atoms with Crippen LogP contribution in [0.2, 0.25) is 0 Å². The SMILES string of the molecule is CCCCCC(=O)OCOc1c2n(cc(C(=O)NCc3ccc(F)cc3F)c1=O)[C@@H]1CN(C2=O)[C@@H](C)CC[C@]12CC(OC)=NO2. The molecule has 1 aromatic carbocycles. The number of esters is 1. The first-order chi connectivity index (χ1) is 21.6. The van der Waals surface area contributed by atoms with Crippen LogP contribution in [0.3, 0.4) is 0 Å². The fourth-order valence-electron chi connectivity index (χ4n) is 5.99. The zero-order chi connectivity index (χ0) is 32.3. The predicted molar refractivity (Wildman–Crippen MR) is 156 cm³/mol. The van der Waals surface area contributed by atoms with Crippen LogP contribution in [0.25, 0.3) is 0 Å². The predicted octanol–water partition coefficient (Wildman–Crippen LogP) is 3.81. The van der Waals surface area contributed by atoms with Gasteiger partial charge in [-0.25, -0.2) is 8.78 Å². The van der Waals surface area contributed by atoms with Crippen LogP contribution in [0.15, 0.2) is 34.3 Å². The number of carbonyl (C=O) groups excluding carboxylic acids is 3. The van der Waals surface area contributed by atoms with Crippen molar-refractivity contribution in [1.82, 2.24) is 14.8 Å². The Morgan fingerprint density at radius 3 is 2.73 bits per heavy atom. The highest BCUT2D eigenvalue weighted by Gasteiger charge is 2.55. The lowest BCUT2D eigenvalue weighted by molar-refractivity contribution is -0.150. The molecule has 2 bridgehead atoms. The Hall–Kier alpha value is -4.49. The lowest BCUT2D eigenvalue weighted by Crippen LogP contribution is -2.52. The van der Waals surface area contributed by atoms with Crippen molar-refractivity contribution in [3.05, 3.63) is 63.1 Å². The van der Waals surface area contributed by atoms with Crippen LogP contribution in [0.4, 0.5) is 8.78 Å². The number of fused-ring (bicyclic) bond motifs is 5. The number of halogens is 2. The van der Waals surface area contributed by atoms with Crippen molar-refractivity contribution in [2.75, 3.05) is 20.4 Å². The number of ether oxygens (including phenoxy) is 3. The summed E-state index contributed by atoms with van der Waals surface area (Å²) in [5.74, 6) is -3.66. The van der Waals surface area contributed by atoms with Crippen LogP contribution < -0.4 is 15.5 Å². The number of rotatable bonds is 10. The molecule has 0 unspecified atom stereocenters. The number of methoxy groups -OCH3 is 1. The second-order valence-electron chi connectivity index (χ2n) is 11.5. The first-order valence-electron chi connectivity index (χ1n) is 15.0. The van der Waals surface area contributed by atoms with Crippen LogP contribution in [0.1, 0.15) is 91.2 Å². The van der Waals surface area contributed by atoms with E-state index in [0.717, 1.165) is 18.9 Å². The van der Waals surface area contributed by atoms with Gasteiger partial charge in [0, 0.05) is 43.4 Å². The molecule has 3 atom stereocenters. The second kappa shape index (κ2) is 13.2. The number of pyridine rings is 1. The smallest absolute Gasteiger partial charge is 0.308 e. The van der Waals surface area contributed by atoms with Gasteiger partial charge in [-0.05, 0) is 32.3 Å². The van der Waals surface area contributed by atoms with Gasteiger partial charge in [0.25, 0.3) is 11.8 Å². The van der Waals surface area contributed by atoms with Crippen LogP contribution >= 0.6 is 0 Å². The van der Waals surface area contributed by atoms with E-state index in [0.29, 0.717) is 31.2 Å². The average molecular weight is 631 g/mol. The van der Waals surface area contributed by atoms with E-state index in [2.05, 4.69) is 10.5 Å². The topological polar surface area (TPSA) is 138 Å². The number of nitrogens with one attached hydrogen (secondary N) is 1. The highest BCUT2D eigenvalue weighted by molar-refractivity contribution is 5.99. The zero-order valence-electron chi connectivity index (χ0n) is 25.4. The Labute approximate surface area is 258 Å². The molecule has 3 aliphatic heterocycles. The minimum absolute atomic E-state index is 0.000369. The number of nitrogens with zero attached hydrogens (tertiary/aromatic N) is 3. The summed E-state index contributed by atoms with van der Waals surface area (Å²) in [5, 5.41) is 6.59. The van der Waals surface area contributed by atoms with Crippen LogP contribution in [0, 0.1) is 11.6 Å². The van der Waals surface area contributed by atoms with Gasteiger partial charge in [0.15, 0.2) is 11.3 Å². The Bertz CT molecular complexity index is 1580. The Balaban J connectivity index is 1.54. The fourth-order valence-corrected chi connectivity index (χ4v) is 5.99. The standard InChI is InChI=1S/C31H36F2N4O8/c1-4-5-6-7-25(38)43-17-44-28-26-30(41)36-16-23(31(11-10-18(36)2)13-24(42-3)35-45-31)37(26)15-21(27(28)39)29(40)34-14-19-8-9-20(32)12-22(19)33/h8-9,12,15,18,23H,4-7,10-11,13-14,16-17H2,1-3H3,(H,34,40)/t18-,23+,31-/m0/s1. The lowest BCUT2D eigenvalue weighted by atomic mass is 9.85. The second-order valence-corrected chi connectivity index (χ2v) is 11.5. The average Bonchev–Trinajstić information content (AvgIpc) is 3.39. The van der Waals surface area contributed by atoms with E-state index in [-0.39, 0.29) is 43.2 Å². The largest absolute Gasteiger partial charge is 0.482 e. The third-order valence-corrected chi connectivity index (χ3v) is 8.61. The van der Waals surface area contributed by atoms with E-state index in [1.807, 2.05) is 13.8 Å². The van der Waals surface area contributed by atoms with E-state index in [1.54, 1.807) is 4.90 Å². The maximum absolute atomic E-state index is 14.3. The molecule has 1 saturated heterocycles. The van der Waals surface area contributed by atoms with Gasteiger partial charge in [-0.2, -0.15) is 0 Å². The molecule has 1 fully saturated rings. The number of hydrogen-bond acceptors (Lipinski definition) is 9. The number of carbonyl (C=O) groups is 3. The molecule has 242 valence electrons. The minimum Gasteiger partial charge on any atom is -0.482 e. The molecule has 2 amide bonds. The van der Waals surface area contributed by atoms with Gasteiger partial charge in [0.05, 0.1) is 19.6 Å². The summed E-state index contributed by atoms with van der Waals surface area (Å²) in [7, 11) is 1.48. The van der Waals surface area contributed by atoms with E-state index in [1.165, 1.54) is 23.9 Å². The Morgan fingerprint density at radius 2 is 2.02 bits per heavy atom. The van der Waals surface area contributed by atoms with Crippen molar-refractivity contribution in [1.29, 1.82) is 0 Å². The Kier molecular flexibility index (Phi) is 9.40. The normalized spacial score (nSPS) is 21.8. The summed E-state index contributed by atoms with van der Waals surface area (Å²) in [6.45, 7) is 3.08. The first-order valence-corrected chi connectivity index (χ1v) is 15.0. The molecule has 0 saturated carbocycles. The van der Waals surface area contributed by atoms with Crippen molar-refractivity contribution in [3.8, 4) is 5.75 Å². The van der Waals surface area contributed by atoms with Gasteiger partial charge in [-0.15, -0.1) is 0 Å². The monoisotopic (exact) mass is 630 g/mol. The Morgan fingerprint density at radius 1 is 1.22 bits per heavy atom. The van der Waals surface area contributed by atoms with Gasteiger partial charge in [-0.3, -0.25) is 19.2 Å². The molecule has 45 heavy (non-hydrogen) atoms. The summed E-state index contributed by atoms with van der Waals surface area (Å²) in [4.78, 5) is 61.1. The van der Waals surface area contributed by atoms with Gasteiger partial charge in [0.2, 0.25) is 23.9 Å². The van der Waals surface area contributed by atoms with Gasteiger partial charge in [0.1, 0.15) is 17.2 Å². The highest BCUT2D eigenvalue weighted by atomic mass is 19.1. The molecule has 1 spiro atoms. The van der Waals surface area contributed by atoms with E-state index >= 15 is 0 Å². The van der Waals surface area contributed by atoms with Crippen molar-refractivity contribution in [2.45, 2.75) is 83.0 Å². The molecule has 0 radical (unpaired) electrons. The van der Waals surface area contributed by atoms with Crippen LogP contribution in [0.5, 0.6) is 5.75 Å². The van der Waals surface area contributed by atoms with E-state index in [4.69, 9.17) is 19.0 Å². The number of hydrogen-bond donors (Lipinski definition) is 1. The van der Waals surface area contributed by atoms with Crippen molar-refractivity contribution in [2.24, 2.45) is 5.16 Å². The lowest BCUT2D eigenvalue weighted by Gasteiger charge is -2.42. The number of unbranched alkanes of at least 4 members (excludes halogenated alkanes) is 2.